The largest absolute Gasteiger partial charge is 0.497 e. The van der Waals surface area contributed by atoms with Gasteiger partial charge in [0.25, 0.3) is 5.91 Å². The SMILES string of the molecule is COc1ccc(C(=O)NN=C(C)N)cc1. The van der Waals surface area contributed by atoms with Crippen LogP contribution in [0.15, 0.2) is 29.4 Å². The smallest absolute Gasteiger partial charge is 0.271 e. The minimum absolute atomic E-state index is 0.303. The maximum atomic E-state index is 11.4. The van der Waals surface area contributed by atoms with E-state index >= 15 is 0 Å². The summed E-state index contributed by atoms with van der Waals surface area (Å²) in [4.78, 5) is 11.4. The average Bonchev–Trinajstić information content (AvgIpc) is 2.26. The lowest BCUT2D eigenvalue weighted by molar-refractivity contribution is 0.0954. The summed E-state index contributed by atoms with van der Waals surface area (Å²) in [6.45, 7) is 1.59. The zero-order valence-electron chi connectivity index (χ0n) is 8.65. The molecule has 1 aromatic carbocycles. The van der Waals surface area contributed by atoms with Gasteiger partial charge in [-0.05, 0) is 31.2 Å². The van der Waals surface area contributed by atoms with Crippen molar-refractivity contribution in [1.29, 1.82) is 0 Å². The first-order chi connectivity index (χ1) is 7.13. The second kappa shape index (κ2) is 4.99. The molecule has 3 N–H and O–H groups in total. The molecule has 0 saturated heterocycles. The highest BCUT2D eigenvalue weighted by molar-refractivity contribution is 5.95. The third-order valence-electron chi connectivity index (χ3n) is 1.69. The molecule has 0 fully saturated rings. The number of hydrogen-bond donors (Lipinski definition) is 2. The lowest BCUT2D eigenvalue weighted by atomic mass is 10.2. The average molecular weight is 207 g/mol. The highest BCUT2D eigenvalue weighted by atomic mass is 16.5. The quantitative estimate of drug-likeness (QED) is 0.435. The number of amides is 1. The second-order valence-corrected chi connectivity index (χ2v) is 2.92. The minimum atomic E-state index is -0.303. The first-order valence-electron chi connectivity index (χ1n) is 4.37. The number of rotatable bonds is 3. The molecule has 0 bridgehead atoms. The maximum absolute atomic E-state index is 11.4. The van der Waals surface area contributed by atoms with Crippen LogP contribution in [0.25, 0.3) is 0 Å². The third kappa shape index (κ3) is 3.30. The van der Waals surface area contributed by atoms with Gasteiger partial charge in [0.1, 0.15) is 11.6 Å². The Kier molecular flexibility index (Phi) is 3.68. The zero-order valence-corrected chi connectivity index (χ0v) is 8.65. The Morgan fingerprint density at radius 3 is 2.47 bits per heavy atom. The maximum Gasteiger partial charge on any atom is 0.271 e. The van der Waals surface area contributed by atoms with E-state index in [-0.39, 0.29) is 5.91 Å². The van der Waals surface area contributed by atoms with Crippen molar-refractivity contribution in [3.05, 3.63) is 29.8 Å². The Morgan fingerprint density at radius 2 is 2.00 bits per heavy atom. The van der Waals surface area contributed by atoms with Crippen molar-refractivity contribution in [2.45, 2.75) is 6.92 Å². The van der Waals surface area contributed by atoms with Crippen molar-refractivity contribution in [2.75, 3.05) is 7.11 Å². The first kappa shape index (κ1) is 11.0. The van der Waals surface area contributed by atoms with Gasteiger partial charge in [-0.1, -0.05) is 0 Å². The number of ether oxygens (including phenoxy) is 1. The summed E-state index contributed by atoms with van der Waals surface area (Å²) in [5, 5.41) is 3.61. The molecular formula is C10H13N3O2. The van der Waals surface area contributed by atoms with Gasteiger partial charge in [-0.25, -0.2) is 5.43 Å². The Labute approximate surface area is 87.9 Å². The van der Waals surface area contributed by atoms with E-state index in [1.165, 1.54) is 0 Å². The Hall–Kier alpha value is -2.04. The molecule has 5 heteroatoms. The van der Waals surface area contributed by atoms with E-state index in [9.17, 15) is 4.79 Å². The molecule has 1 amide bonds. The summed E-state index contributed by atoms with van der Waals surface area (Å²) in [5.41, 5.74) is 8.10. The lowest BCUT2D eigenvalue weighted by Crippen LogP contribution is -2.21. The number of hydrazone groups is 1. The van der Waals surface area contributed by atoms with Crippen LogP contribution in [-0.4, -0.2) is 18.9 Å². The highest BCUT2D eigenvalue weighted by Crippen LogP contribution is 2.10. The van der Waals surface area contributed by atoms with Gasteiger partial charge in [0.05, 0.1) is 7.11 Å². The topological polar surface area (TPSA) is 76.7 Å². The van der Waals surface area contributed by atoms with Gasteiger partial charge in [-0.3, -0.25) is 4.79 Å². The molecule has 5 nitrogen and oxygen atoms in total. The molecule has 0 aliphatic heterocycles. The fraction of sp³-hybridized carbons (Fsp3) is 0.200. The molecule has 0 saturated carbocycles. The first-order valence-corrected chi connectivity index (χ1v) is 4.37. The normalized spacial score (nSPS) is 10.9. The van der Waals surface area contributed by atoms with Gasteiger partial charge in [0.15, 0.2) is 0 Å². The van der Waals surface area contributed by atoms with Crippen molar-refractivity contribution in [3.63, 3.8) is 0 Å². The second-order valence-electron chi connectivity index (χ2n) is 2.92. The number of hydrogen-bond acceptors (Lipinski definition) is 3. The molecule has 0 radical (unpaired) electrons. The Balaban J connectivity index is 2.70. The Morgan fingerprint density at radius 1 is 1.40 bits per heavy atom. The molecule has 0 aromatic heterocycles. The fourth-order valence-electron chi connectivity index (χ4n) is 0.946. The van der Waals surface area contributed by atoms with E-state index in [2.05, 4.69) is 10.5 Å². The molecule has 80 valence electrons. The van der Waals surface area contributed by atoms with Crippen LogP contribution in [0.5, 0.6) is 5.75 Å². The number of nitrogens with zero attached hydrogens (tertiary/aromatic N) is 1. The summed E-state index contributed by atoms with van der Waals surface area (Å²) in [6.07, 6.45) is 0. The number of carbonyl (C=O) groups is 1. The van der Waals surface area contributed by atoms with E-state index in [1.807, 2.05) is 0 Å². The van der Waals surface area contributed by atoms with Gasteiger partial charge in [-0.2, -0.15) is 5.10 Å². The Bertz CT molecular complexity index is 367. The van der Waals surface area contributed by atoms with E-state index in [0.717, 1.165) is 0 Å². The van der Waals surface area contributed by atoms with Gasteiger partial charge in [0.2, 0.25) is 0 Å². The van der Waals surface area contributed by atoms with Crippen LogP contribution in [0.3, 0.4) is 0 Å². The highest BCUT2D eigenvalue weighted by Gasteiger charge is 2.03. The van der Waals surface area contributed by atoms with Crippen molar-refractivity contribution in [3.8, 4) is 5.75 Å². The van der Waals surface area contributed by atoms with Crippen LogP contribution in [0, 0.1) is 0 Å². The van der Waals surface area contributed by atoms with Crippen molar-refractivity contribution >= 4 is 11.7 Å². The van der Waals surface area contributed by atoms with Crippen molar-refractivity contribution in [2.24, 2.45) is 10.8 Å². The van der Waals surface area contributed by atoms with Crippen molar-refractivity contribution in [1.82, 2.24) is 5.43 Å². The van der Waals surface area contributed by atoms with Crippen molar-refractivity contribution < 1.29 is 9.53 Å². The van der Waals surface area contributed by atoms with Crippen LogP contribution < -0.4 is 15.9 Å². The number of methoxy groups -OCH3 is 1. The molecule has 1 aromatic rings. The molecule has 0 unspecified atom stereocenters. The summed E-state index contributed by atoms with van der Waals surface area (Å²) in [5.74, 6) is 0.698. The van der Waals surface area contributed by atoms with Crippen LogP contribution in [0.1, 0.15) is 17.3 Å². The minimum Gasteiger partial charge on any atom is -0.497 e. The van der Waals surface area contributed by atoms with Crippen LogP contribution >= 0.6 is 0 Å². The van der Waals surface area contributed by atoms with Gasteiger partial charge in [-0.15, -0.1) is 0 Å². The van der Waals surface area contributed by atoms with Crippen LogP contribution in [0.2, 0.25) is 0 Å². The molecule has 0 aliphatic rings. The standard InChI is InChI=1S/C10H13N3O2/c1-7(11)12-13-10(14)8-3-5-9(15-2)6-4-8/h3-6H,1-2H3,(H2,11,12)(H,13,14). The number of amidine groups is 1. The number of carbonyl (C=O) groups excluding carboxylic acids is 1. The molecule has 0 heterocycles. The molecular weight excluding hydrogens is 194 g/mol. The van der Waals surface area contributed by atoms with Gasteiger partial charge >= 0.3 is 0 Å². The van der Waals surface area contributed by atoms with Gasteiger partial charge in [0, 0.05) is 5.56 Å². The summed E-state index contributed by atoms with van der Waals surface area (Å²) in [6, 6.07) is 6.70. The number of nitrogens with one attached hydrogen (secondary N) is 1. The monoisotopic (exact) mass is 207 g/mol. The molecule has 1 rings (SSSR count). The van der Waals surface area contributed by atoms with E-state index in [1.54, 1.807) is 38.3 Å². The summed E-state index contributed by atoms with van der Waals surface area (Å²) in [7, 11) is 1.57. The number of benzene rings is 1. The predicted molar refractivity (Wildman–Crippen MR) is 57.8 cm³/mol. The molecule has 0 spiro atoms. The van der Waals surface area contributed by atoms with Crippen LogP contribution in [-0.2, 0) is 0 Å². The summed E-state index contributed by atoms with van der Waals surface area (Å²) >= 11 is 0. The third-order valence-corrected chi connectivity index (χ3v) is 1.69. The number of nitrogens with two attached hydrogens (primary N) is 1. The molecule has 0 atom stereocenters. The lowest BCUT2D eigenvalue weighted by Gasteiger charge is -2.02. The summed E-state index contributed by atoms with van der Waals surface area (Å²) < 4.78 is 4.97. The van der Waals surface area contributed by atoms with E-state index < -0.39 is 0 Å². The molecule has 15 heavy (non-hydrogen) atoms. The zero-order chi connectivity index (χ0) is 11.3. The van der Waals surface area contributed by atoms with E-state index in [0.29, 0.717) is 17.1 Å². The van der Waals surface area contributed by atoms with E-state index in [4.69, 9.17) is 10.5 Å². The molecule has 0 aliphatic carbocycles. The van der Waals surface area contributed by atoms with Gasteiger partial charge < -0.3 is 10.5 Å². The predicted octanol–water partition coefficient (Wildman–Crippen LogP) is 0.717. The fourth-order valence-corrected chi connectivity index (χ4v) is 0.946. The van der Waals surface area contributed by atoms with Crippen LogP contribution in [0.4, 0.5) is 0 Å².